The van der Waals surface area contributed by atoms with Crippen LogP contribution in [0.4, 0.5) is 0 Å². The lowest BCUT2D eigenvalue weighted by Gasteiger charge is -2.40. The first kappa shape index (κ1) is 12.5. The highest BCUT2D eigenvalue weighted by Crippen LogP contribution is 2.39. The molecule has 2 N–H and O–H groups in total. The van der Waals surface area contributed by atoms with E-state index in [1.807, 2.05) is 6.92 Å². The van der Waals surface area contributed by atoms with Gasteiger partial charge in [-0.05, 0) is 38.0 Å². The Balaban J connectivity index is 2.39. The Morgan fingerprint density at radius 2 is 1.87 bits per heavy atom. The standard InChI is InChI=1S/C13H23NO/c1-5-11(2)14-10-13(15)8-6-12(3,4)7-9-13/h1,11,14-15H,6-10H2,2-4H3. The van der Waals surface area contributed by atoms with Gasteiger partial charge in [0.15, 0.2) is 0 Å². The number of hydrogen-bond donors (Lipinski definition) is 2. The Morgan fingerprint density at radius 3 is 2.33 bits per heavy atom. The van der Waals surface area contributed by atoms with Crippen LogP contribution in [0.15, 0.2) is 0 Å². The van der Waals surface area contributed by atoms with E-state index in [1.165, 1.54) is 0 Å². The van der Waals surface area contributed by atoms with Crippen molar-refractivity contribution in [3.63, 3.8) is 0 Å². The Morgan fingerprint density at radius 1 is 1.33 bits per heavy atom. The van der Waals surface area contributed by atoms with Crippen LogP contribution in [-0.2, 0) is 0 Å². The van der Waals surface area contributed by atoms with Crippen LogP contribution >= 0.6 is 0 Å². The summed E-state index contributed by atoms with van der Waals surface area (Å²) < 4.78 is 0. The molecule has 0 radical (unpaired) electrons. The zero-order valence-corrected chi connectivity index (χ0v) is 10.1. The number of hydrogen-bond acceptors (Lipinski definition) is 2. The normalized spacial score (nSPS) is 25.5. The summed E-state index contributed by atoms with van der Waals surface area (Å²) in [5, 5.41) is 13.5. The summed E-state index contributed by atoms with van der Waals surface area (Å²) in [7, 11) is 0. The van der Waals surface area contributed by atoms with E-state index in [0.29, 0.717) is 12.0 Å². The van der Waals surface area contributed by atoms with Crippen LogP contribution in [0.2, 0.25) is 0 Å². The molecule has 15 heavy (non-hydrogen) atoms. The second-order valence-corrected chi connectivity index (χ2v) is 5.66. The maximum atomic E-state index is 10.3. The van der Waals surface area contributed by atoms with E-state index < -0.39 is 5.60 Å². The van der Waals surface area contributed by atoms with E-state index in [4.69, 9.17) is 6.42 Å². The summed E-state index contributed by atoms with van der Waals surface area (Å²) >= 11 is 0. The van der Waals surface area contributed by atoms with E-state index in [1.54, 1.807) is 0 Å². The maximum Gasteiger partial charge on any atom is 0.0772 e. The molecule has 1 atom stereocenters. The Hall–Kier alpha value is -0.520. The third kappa shape index (κ3) is 3.85. The minimum absolute atomic E-state index is 0.0453. The first-order chi connectivity index (χ1) is 6.87. The molecule has 2 heteroatoms. The zero-order valence-electron chi connectivity index (χ0n) is 10.1. The fourth-order valence-electron chi connectivity index (χ4n) is 1.97. The van der Waals surface area contributed by atoms with Gasteiger partial charge in [0.25, 0.3) is 0 Å². The molecule has 0 heterocycles. The lowest BCUT2D eigenvalue weighted by molar-refractivity contribution is -0.0248. The molecular formula is C13H23NO. The van der Waals surface area contributed by atoms with Gasteiger partial charge in [-0.1, -0.05) is 19.8 Å². The molecule has 1 unspecified atom stereocenters. The van der Waals surface area contributed by atoms with E-state index in [2.05, 4.69) is 25.1 Å². The van der Waals surface area contributed by atoms with Crippen LogP contribution in [0.1, 0.15) is 46.5 Å². The predicted molar refractivity (Wildman–Crippen MR) is 63.5 cm³/mol. The van der Waals surface area contributed by atoms with Crippen molar-refractivity contribution in [1.29, 1.82) is 0 Å². The summed E-state index contributed by atoms with van der Waals surface area (Å²) in [6.45, 7) is 7.10. The van der Waals surface area contributed by atoms with Crippen molar-refractivity contribution in [1.82, 2.24) is 5.32 Å². The first-order valence-corrected chi connectivity index (χ1v) is 5.79. The quantitative estimate of drug-likeness (QED) is 0.696. The van der Waals surface area contributed by atoms with Crippen LogP contribution in [0.25, 0.3) is 0 Å². The molecule has 0 aliphatic heterocycles. The highest BCUT2D eigenvalue weighted by molar-refractivity contribution is 4.98. The Labute approximate surface area is 93.5 Å². The number of terminal acetylenes is 1. The summed E-state index contributed by atoms with van der Waals surface area (Å²) in [6, 6.07) is 0.0453. The molecule has 1 fully saturated rings. The minimum atomic E-state index is -0.541. The highest BCUT2D eigenvalue weighted by atomic mass is 16.3. The van der Waals surface area contributed by atoms with Crippen LogP contribution in [0.3, 0.4) is 0 Å². The van der Waals surface area contributed by atoms with Gasteiger partial charge in [-0.15, -0.1) is 6.42 Å². The van der Waals surface area contributed by atoms with Gasteiger partial charge in [-0.25, -0.2) is 0 Å². The van der Waals surface area contributed by atoms with Crippen molar-refractivity contribution in [3.8, 4) is 12.3 Å². The van der Waals surface area contributed by atoms with E-state index >= 15 is 0 Å². The van der Waals surface area contributed by atoms with Gasteiger partial charge in [-0.3, -0.25) is 0 Å². The molecule has 86 valence electrons. The van der Waals surface area contributed by atoms with Gasteiger partial charge in [0.2, 0.25) is 0 Å². The minimum Gasteiger partial charge on any atom is -0.389 e. The SMILES string of the molecule is C#CC(C)NCC1(O)CCC(C)(C)CC1. The molecule has 1 saturated carbocycles. The fraction of sp³-hybridized carbons (Fsp3) is 0.846. The molecule has 1 rings (SSSR count). The van der Waals surface area contributed by atoms with Gasteiger partial charge in [0, 0.05) is 6.54 Å². The average molecular weight is 209 g/mol. The van der Waals surface area contributed by atoms with Crippen molar-refractivity contribution in [2.45, 2.75) is 58.1 Å². The van der Waals surface area contributed by atoms with E-state index in [0.717, 1.165) is 25.7 Å². The van der Waals surface area contributed by atoms with Crippen LogP contribution in [0, 0.1) is 17.8 Å². The Kier molecular flexibility index (Phi) is 3.81. The van der Waals surface area contributed by atoms with Crippen molar-refractivity contribution >= 4 is 0 Å². The van der Waals surface area contributed by atoms with Gasteiger partial charge in [0.1, 0.15) is 0 Å². The zero-order chi connectivity index (χ0) is 11.5. The van der Waals surface area contributed by atoms with Crippen molar-refractivity contribution < 1.29 is 5.11 Å². The summed E-state index contributed by atoms with van der Waals surface area (Å²) in [5.41, 5.74) is -0.148. The molecule has 1 aliphatic carbocycles. The average Bonchev–Trinajstić information content (AvgIpc) is 2.20. The largest absolute Gasteiger partial charge is 0.389 e. The number of aliphatic hydroxyl groups is 1. The van der Waals surface area contributed by atoms with Crippen LogP contribution in [-0.4, -0.2) is 23.3 Å². The van der Waals surface area contributed by atoms with Crippen molar-refractivity contribution in [2.24, 2.45) is 5.41 Å². The maximum absolute atomic E-state index is 10.3. The lowest BCUT2D eigenvalue weighted by Crippen LogP contribution is -2.46. The van der Waals surface area contributed by atoms with Crippen molar-refractivity contribution in [3.05, 3.63) is 0 Å². The van der Waals surface area contributed by atoms with E-state index in [-0.39, 0.29) is 6.04 Å². The smallest absolute Gasteiger partial charge is 0.0772 e. The second kappa shape index (κ2) is 4.55. The molecule has 1 aliphatic rings. The molecule has 0 saturated heterocycles. The van der Waals surface area contributed by atoms with Crippen molar-refractivity contribution in [2.75, 3.05) is 6.54 Å². The van der Waals surface area contributed by atoms with Gasteiger partial charge in [0.05, 0.1) is 11.6 Å². The van der Waals surface area contributed by atoms with Crippen LogP contribution < -0.4 is 5.32 Å². The second-order valence-electron chi connectivity index (χ2n) is 5.66. The summed E-state index contributed by atoms with van der Waals surface area (Å²) in [5.74, 6) is 2.62. The van der Waals surface area contributed by atoms with E-state index in [9.17, 15) is 5.11 Å². The molecule has 0 amide bonds. The first-order valence-electron chi connectivity index (χ1n) is 5.79. The lowest BCUT2D eigenvalue weighted by atomic mass is 9.71. The third-order valence-electron chi connectivity index (χ3n) is 3.52. The fourth-order valence-corrected chi connectivity index (χ4v) is 1.97. The topological polar surface area (TPSA) is 32.3 Å². The molecule has 0 bridgehead atoms. The summed E-state index contributed by atoms with van der Waals surface area (Å²) in [6.07, 6.45) is 9.22. The van der Waals surface area contributed by atoms with Gasteiger partial charge < -0.3 is 10.4 Å². The summed E-state index contributed by atoms with van der Waals surface area (Å²) in [4.78, 5) is 0. The number of nitrogens with one attached hydrogen (secondary N) is 1. The third-order valence-corrected chi connectivity index (χ3v) is 3.52. The molecule has 0 aromatic heterocycles. The van der Waals surface area contributed by atoms with Gasteiger partial charge in [-0.2, -0.15) is 0 Å². The monoisotopic (exact) mass is 209 g/mol. The molecular weight excluding hydrogens is 186 g/mol. The number of rotatable bonds is 3. The highest BCUT2D eigenvalue weighted by Gasteiger charge is 2.36. The molecule has 2 nitrogen and oxygen atoms in total. The Bertz CT molecular complexity index is 242. The van der Waals surface area contributed by atoms with Crippen LogP contribution in [0.5, 0.6) is 0 Å². The van der Waals surface area contributed by atoms with Gasteiger partial charge >= 0.3 is 0 Å². The molecule has 0 aromatic carbocycles. The predicted octanol–water partition coefficient (Wildman–Crippen LogP) is 1.93. The molecule has 0 spiro atoms. The molecule has 0 aromatic rings.